The van der Waals surface area contributed by atoms with Crippen LogP contribution in [0.15, 0.2) is 47.0 Å². The van der Waals surface area contributed by atoms with E-state index in [1.165, 1.54) is 16.2 Å². The van der Waals surface area contributed by atoms with Gasteiger partial charge in [0.1, 0.15) is 11.2 Å². The third-order valence-corrected chi connectivity index (χ3v) is 6.21. The van der Waals surface area contributed by atoms with E-state index in [1.54, 1.807) is 24.4 Å². The zero-order chi connectivity index (χ0) is 21.1. The summed E-state index contributed by atoms with van der Waals surface area (Å²) in [5.74, 6) is -0.396. The van der Waals surface area contributed by atoms with Gasteiger partial charge < -0.3 is 10.1 Å². The van der Waals surface area contributed by atoms with E-state index in [-0.39, 0.29) is 22.8 Å². The molecular formula is C23H30N4O3. The summed E-state index contributed by atoms with van der Waals surface area (Å²) < 4.78 is 7.78. The van der Waals surface area contributed by atoms with Gasteiger partial charge in [-0.1, -0.05) is 17.7 Å². The Kier molecular flexibility index (Phi) is 6.01. The Morgan fingerprint density at radius 3 is 2.87 bits per heavy atom. The van der Waals surface area contributed by atoms with Crippen molar-refractivity contribution in [2.45, 2.75) is 51.2 Å². The summed E-state index contributed by atoms with van der Waals surface area (Å²) in [6, 6.07) is 5.29. The summed E-state index contributed by atoms with van der Waals surface area (Å²) in [5, 5.41) is 2.87. The van der Waals surface area contributed by atoms with Crippen LogP contribution in [-0.2, 0) is 4.74 Å². The highest BCUT2D eigenvalue weighted by Crippen LogP contribution is 2.38. The van der Waals surface area contributed by atoms with Gasteiger partial charge in [-0.15, -0.1) is 0 Å². The lowest BCUT2D eigenvalue weighted by molar-refractivity contribution is -0.0741. The second-order valence-corrected chi connectivity index (χ2v) is 8.66. The quantitative estimate of drug-likeness (QED) is 0.766. The third kappa shape index (κ3) is 4.47. The Balaban J connectivity index is 1.31. The number of rotatable bonds is 5. The predicted octanol–water partition coefficient (Wildman–Crippen LogP) is 2.40. The van der Waals surface area contributed by atoms with Crippen LogP contribution >= 0.6 is 0 Å². The van der Waals surface area contributed by atoms with Crippen LogP contribution in [0, 0.1) is 0 Å². The molecule has 2 aromatic rings. The molecule has 7 nitrogen and oxygen atoms in total. The Morgan fingerprint density at radius 2 is 2.10 bits per heavy atom. The highest BCUT2D eigenvalue weighted by molar-refractivity contribution is 5.93. The fraction of sp³-hybridized carbons (Fsp3) is 0.522. The maximum absolute atomic E-state index is 12.6. The second kappa shape index (κ2) is 8.70. The fourth-order valence-corrected chi connectivity index (χ4v) is 4.35. The number of piperidine rings is 1. The molecular weight excluding hydrogens is 380 g/mol. The first kappa shape index (κ1) is 20.8. The van der Waals surface area contributed by atoms with Crippen molar-refractivity contribution in [2.24, 2.45) is 0 Å². The van der Waals surface area contributed by atoms with Gasteiger partial charge in [-0.3, -0.25) is 18.9 Å². The van der Waals surface area contributed by atoms with Gasteiger partial charge >= 0.3 is 0 Å². The van der Waals surface area contributed by atoms with E-state index in [4.69, 9.17) is 4.74 Å². The van der Waals surface area contributed by atoms with Gasteiger partial charge in [-0.25, -0.2) is 4.98 Å². The van der Waals surface area contributed by atoms with E-state index in [2.05, 4.69) is 35.1 Å². The first-order valence-electron chi connectivity index (χ1n) is 10.7. The maximum Gasteiger partial charge on any atom is 0.270 e. The predicted molar refractivity (Wildman–Crippen MR) is 116 cm³/mol. The first-order chi connectivity index (χ1) is 14.5. The molecule has 0 aromatic carbocycles. The number of ether oxygens (including phenoxy) is 1. The molecule has 1 atom stereocenters. The molecule has 0 aliphatic carbocycles. The SMILES string of the molecule is CC(C)=CCN1CCC2(CCC(CNC(=O)c3cnc4ccccn4c3=O)O2)CC1. The standard InChI is InChI=1S/C23H30N4O3/c1-17(2)7-12-26-13-9-23(10-14-26)8-6-18(30-23)15-25-21(28)19-16-24-20-5-3-4-11-27(20)22(19)29/h3-5,7,11,16,18H,6,8-10,12-15H2,1-2H3,(H,25,28). The zero-order valence-electron chi connectivity index (χ0n) is 17.8. The summed E-state index contributed by atoms with van der Waals surface area (Å²) in [5.41, 5.74) is 1.52. The molecule has 0 radical (unpaired) electrons. The molecule has 160 valence electrons. The molecule has 2 fully saturated rings. The summed E-state index contributed by atoms with van der Waals surface area (Å²) in [7, 11) is 0. The number of fused-ring (bicyclic) bond motifs is 1. The third-order valence-electron chi connectivity index (χ3n) is 6.21. The van der Waals surface area contributed by atoms with Crippen LogP contribution in [0.1, 0.15) is 49.9 Å². The number of carbonyl (C=O) groups is 1. The smallest absolute Gasteiger partial charge is 0.270 e. The largest absolute Gasteiger partial charge is 0.370 e. The summed E-state index contributed by atoms with van der Waals surface area (Å²) in [4.78, 5) is 31.8. The zero-order valence-corrected chi connectivity index (χ0v) is 17.8. The van der Waals surface area contributed by atoms with Crippen molar-refractivity contribution in [3.8, 4) is 0 Å². The molecule has 2 aliphatic heterocycles. The minimum Gasteiger partial charge on any atom is -0.370 e. The highest BCUT2D eigenvalue weighted by Gasteiger charge is 2.42. The molecule has 2 aliphatic rings. The fourth-order valence-electron chi connectivity index (χ4n) is 4.35. The van der Waals surface area contributed by atoms with Crippen molar-refractivity contribution < 1.29 is 9.53 Å². The molecule has 0 saturated carbocycles. The van der Waals surface area contributed by atoms with Crippen LogP contribution in [0.4, 0.5) is 0 Å². The number of likely N-dealkylation sites (tertiary alicyclic amines) is 1. The van der Waals surface area contributed by atoms with Crippen molar-refractivity contribution in [3.63, 3.8) is 0 Å². The average Bonchev–Trinajstić information content (AvgIpc) is 3.14. The molecule has 0 bridgehead atoms. The minimum atomic E-state index is -0.396. The molecule has 30 heavy (non-hydrogen) atoms. The van der Waals surface area contributed by atoms with Crippen LogP contribution < -0.4 is 10.9 Å². The Bertz CT molecular complexity index is 1000. The second-order valence-electron chi connectivity index (χ2n) is 8.66. The molecule has 1 amide bonds. The van der Waals surface area contributed by atoms with Crippen molar-refractivity contribution in [2.75, 3.05) is 26.2 Å². The van der Waals surface area contributed by atoms with E-state index in [1.807, 2.05) is 0 Å². The number of pyridine rings is 1. The molecule has 4 heterocycles. The molecule has 1 spiro atoms. The number of carbonyl (C=O) groups excluding carboxylic acids is 1. The molecule has 2 saturated heterocycles. The number of nitrogens with zero attached hydrogens (tertiary/aromatic N) is 3. The Hall–Kier alpha value is -2.51. The average molecular weight is 411 g/mol. The number of nitrogens with one attached hydrogen (secondary N) is 1. The number of amides is 1. The van der Waals surface area contributed by atoms with Gasteiger partial charge in [0.05, 0.1) is 11.7 Å². The number of hydrogen-bond donors (Lipinski definition) is 1. The van der Waals surface area contributed by atoms with Gasteiger partial charge in [0.2, 0.25) is 0 Å². The van der Waals surface area contributed by atoms with E-state index < -0.39 is 5.91 Å². The Labute approximate surface area is 176 Å². The van der Waals surface area contributed by atoms with Crippen molar-refractivity contribution in [3.05, 3.63) is 58.2 Å². The summed E-state index contributed by atoms with van der Waals surface area (Å²) >= 11 is 0. The topological polar surface area (TPSA) is 75.9 Å². The van der Waals surface area contributed by atoms with Crippen molar-refractivity contribution >= 4 is 11.6 Å². The van der Waals surface area contributed by atoms with Gasteiger partial charge in [0.25, 0.3) is 11.5 Å². The van der Waals surface area contributed by atoms with Crippen LogP contribution in [0.25, 0.3) is 5.65 Å². The summed E-state index contributed by atoms with van der Waals surface area (Å²) in [6.07, 6.45) is 9.27. The molecule has 2 aromatic heterocycles. The van der Waals surface area contributed by atoms with E-state index in [9.17, 15) is 9.59 Å². The lowest BCUT2D eigenvalue weighted by Gasteiger charge is -2.39. The van der Waals surface area contributed by atoms with Gasteiger partial charge in [0, 0.05) is 38.6 Å². The lowest BCUT2D eigenvalue weighted by atomic mass is 9.88. The monoisotopic (exact) mass is 410 g/mol. The first-order valence-corrected chi connectivity index (χ1v) is 10.7. The maximum atomic E-state index is 12.6. The molecule has 1 unspecified atom stereocenters. The highest BCUT2D eigenvalue weighted by atomic mass is 16.5. The van der Waals surface area contributed by atoms with E-state index in [0.717, 1.165) is 45.3 Å². The van der Waals surface area contributed by atoms with E-state index in [0.29, 0.717) is 12.2 Å². The Morgan fingerprint density at radius 1 is 1.30 bits per heavy atom. The van der Waals surface area contributed by atoms with E-state index >= 15 is 0 Å². The van der Waals surface area contributed by atoms with Gasteiger partial charge in [-0.2, -0.15) is 0 Å². The minimum absolute atomic E-state index is 0.00514. The van der Waals surface area contributed by atoms with Crippen molar-refractivity contribution in [1.29, 1.82) is 0 Å². The normalized spacial score (nSPS) is 21.1. The van der Waals surface area contributed by atoms with Crippen molar-refractivity contribution in [1.82, 2.24) is 19.6 Å². The molecule has 1 N–H and O–H groups in total. The number of hydrogen-bond acceptors (Lipinski definition) is 5. The molecule has 7 heteroatoms. The van der Waals surface area contributed by atoms with Crippen LogP contribution in [0.5, 0.6) is 0 Å². The van der Waals surface area contributed by atoms with Crippen LogP contribution in [-0.4, -0.2) is 58.1 Å². The van der Waals surface area contributed by atoms with Crippen LogP contribution in [0.3, 0.4) is 0 Å². The van der Waals surface area contributed by atoms with Gasteiger partial charge in [-0.05, 0) is 51.7 Å². The van der Waals surface area contributed by atoms with Gasteiger partial charge in [0.15, 0.2) is 0 Å². The van der Waals surface area contributed by atoms with Crippen LogP contribution in [0.2, 0.25) is 0 Å². The number of aromatic nitrogens is 2. The summed E-state index contributed by atoms with van der Waals surface area (Å²) in [6.45, 7) is 7.77. The number of allylic oxidation sites excluding steroid dienone is 1. The lowest BCUT2D eigenvalue weighted by Crippen LogP contribution is -2.45. The molecule has 4 rings (SSSR count).